The number of hydrogen-bond donors (Lipinski definition) is 1. The van der Waals surface area contributed by atoms with Crippen LogP contribution in [0.1, 0.15) is 38.7 Å². The van der Waals surface area contributed by atoms with E-state index in [1.807, 2.05) is 6.92 Å². The van der Waals surface area contributed by atoms with Gasteiger partial charge < -0.3 is 15.0 Å². The van der Waals surface area contributed by atoms with Gasteiger partial charge in [0.15, 0.2) is 0 Å². The average molecular weight is 604 g/mol. The summed E-state index contributed by atoms with van der Waals surface area (Å²) in [6, 6.07) is 16.6. The first-order valence-electron chi connectivity index (χ1n) is 13.3. The minimum absolute atomic E-state index is 0.0158. The molecule has 220 valence electrons. The molecule has 2 amide bonds. The molecule has 1 N–H and O–H groups in total. The molecule has 0 bridgehead atoms. The van der Waals surface area contributed by atoms with Gasteiger partial charge in [0, 0.05) is 18.1 Å². The van der Waals surface area contributed by atoms with Crippen LogP contribution in [0.15, 0.2) is 77.7 Å². The maximum absolute atomic E-state index is 14.0. The van der Waals surface area contributed by atoms with Gasteiger partial charge in [-0.1, -0.05) is 50.1 Å². The summed E-state index contributed by atoms with van der Waals surface area (Å²) in [5.41, 5.74) is 0.697. The van der Waals surface area contributed by atoms with Crippen LogP contribution in [-0.2, 0) is 26.2 Å². The van der Waals surface area contributed by atoms with E-state index in [1.165, 1.54) is 48.4 Å². The molecule has 3 aromatic rings. The third-order valence-electron chi connectivity index (χ3n) is 6.55. The number of carbonyl (C=O) groups excluding carboxylic acids is 2. The minimum Gasteiger partial charge on any atom is -0.497 e. The van der Waals surface area contributed by atoms with Crippen LogP contribution in [0.2, 0.25) is 5.02 Å². The lowest BCUT2D eigenvalue weighted by Gasteiger charge is -2.33. The average Bonchev–Trinajstić information content (AvgIpc) is 2.97. The highest BCUT2D eigenvalue weighted by Gasteiger charge is 2.34. The number of amides is 2. The molecule has 0 aliphatic heterocycles. The van der Waals surface area contributed by atoms with E-state index >= 15 is 0 Å². The predicted molar refractivity (Wildman–Crippen MR) is 158 cm³/mol. The fourth-order valence-electron chi connectivity index (χ4n) is 4.25. The quantitative estimate of drug-likeness (QED) is 0.249. The second-order valence-electron chi connectivity index (χ2n) is 9.35. The van der Waals surface area contributed by atoms with Gasteiger partial charge in [0.25, 0.3) is 10.0 Å². The Hall–Kier alpha value is -3.63. The number of unbranched alkanes of at least 4 members (excludes halogenated alkanes) is 1. The van der Waals surface area contributed by atoms with Gasteiger partial charge in [-0.05, 0) is 73.0 Å². The second-order valence-corrected chi connectivity index (χ2v) is 11.6. The van der Waals surface area contributed by atoms with Crippen molar-refractivity contribution in [2.75, 3.05) is 24.5 Å². The molecule has 11 heteroatoms. The van der Waals surface area contributed by atoms with Crippen molar-refractivity contribution in [2.45, 2.75) is 50.6 Å². The first kappa shape index (κ1) is 31.9. The van der Waals surface area contributed by atoms with E-state index in [9.17, 15) is 22.4 Å². The lowest BCUT2D eigenvalue weighted by atomic mass is 10.1. The summed E-state index contributed by atoms with van der Waals surface area (Å²) < 4.78 is 47.5. The summed E-state index contributed by atoms with van der Waals surface area (Å²) in [6.07, 6.45) is 1.95. The smallest absolute Gasteiger partial charge is 0.264 e. The Balaban J connectivity index is 2.04. The van der Waals surface area contributed by atoms with E-state index in [4.69, 9.17) is 16.3 Å². The van der Waals surface area contributed by atoms with Crippen LogP contribution >= 0.6 is 11.6 Å². The number of hydrogen-bond acceptors (Lipinski definition) is 5. The van der Waals surface area contributed by atoms with Crippen molar-refractivity contribution >= 4 is 39.1 Å². The van der Waals surface area contributed by atoms with Crippen molar-refractivity contribution in [3.63, 3.8) is 0 Å². The molecule has 41 heavy (non-hydrogen) atoms. The van der Waals surface area contributed by atoms with Gasteiger partial charge in [0.2, 0.25) is 11.8 Å². The molecule has 0 fully saturated rings. The molecule has 0 aliphatic rings. The normalized spacial score (nSPS) is 11.9. The lowest BCUT2D eigenvalue weighted by Crippen LogP contribution is -2.52. The van der Waals surface area contributed by atoms with Crippen molar-refractivity contribution in [1.82, 2.24) is 10.2 Å². The highest BCUT2D eigenvalue weighted by molar-refractivity contribution is 7.92. The van der Waals surface area contributed by atoms with Crippen LogP contribution in [0, 0.1) is 5.82 Å². The molecule has 0 saturated heterocycles. The molecule has 0 heterocycles. The van der Waals surface area contributed by atoms with Gasteiger partial charge in [-0.3, -0.25) is 13.9 Å². The van der Waals surface area contributed by atoms with Crippen molar-refractivity contribution in [3.8, 4) is 5.75 Å². The van der Waals surface area contributed by atoms with E-state index in [1.54, 1.807) is 31.2 Å². The summed E-state index contributed by atoms with van der Waals surface area (Å²) >= 11 is 6.41. The third kappa shape index (κ3) is 8.20. The Morgan fingerprint density at radius 2 is 1.66 bits per heavy atom. The van der Waals surface area contributed by atoms with Crippen LogP contribution in [0.3, 0.4) is 0 Å². The molecule has 1 atom stereocenters. The monoisotopic (exact) mass is 603 g/mol. The largest absolute Gasteiger partial charge is 0.497 e. The van der Waals surface area contributed by atoms with Crippen LogP contribution in [0.4, 0.5) is 10.1 Å². The van der Waals surface area contributed by atoms with E-state index in [0.29, 0.717) is 22.9 Å². The van der Waals surface area contributed by atoms with Gasteiger partial charge >= 0.3 is 0 Å². The topological polar surface area (TPSA) is 96.0 Å². The van der Waals surface area contributed by atoms with Crippen molar-refractivity contribution in [3.05, 3.63) is 89.2 Å². The molecule has 8 nitrogen and oxygen atoms in total. The lowest BCUT2D eigenvalue weighted by molar-refractivity contribution is -0.140. The van der Waals surface area contributed by atoms with Crippen molar-refractivity contribution in [1.29, 1.82) is 0 Å². The summed E-state index contributed by atoms with van der Waals surface area (Å²) in [7, 11) is -2.83. The Morgan fingerprint density at radius 3 is 2.24 bits per heavy atom. The fraction of sp³-hybridized carbons (Fsp3) is 0.333. The number of ether oxygens (including phenoxy) is 1. The molecule has 0 aromatic heterocycles. The zero-order valence-corrected chi connectivity index (χ0v) is 24.9. The summed E-state index contributed by atoms with van der Waals surface area (Å²) in [4.78, 5) is 28.5. The Morgan fingerprint density at radius 1 is 1.00 bits per heavy atom. The standard InChI is InChI=1S/C30H35ClFN3O5S/c1-4-6-19-33-30(37)28(5-2)34(20-22-9-7-8-10-27(22)31)29(36)21-35(24-13-11-23(32)12-14-24)41(38,39)26-17-15-25(40-3)16-18-26/h7-18,28H,4-6,19-21H2,1-3H3,(H,33,37)/t28-/m1/s1. The summed E-state index contributed by atoms with van der Waals surface area (Å²) in [5, 5.41) is 3.29. The number of halogens is 2. The molecular formula is C30H35ClFN3O5S. The third-order valence-corrected chi connectivity index (χ3v) is 8.71. The van der Waals surface area contributed by atoms with Crippen LogP contribution in [0.25, 0.3) is 0 Å². The second kappa shape index (κ2) is 14.8. The number of nitrogens with one attached hydrogen (secondary N) is 1. The first-order chi connectivity index (χ1) is 19.6. The maximum atomic E-state index is 14.0. The fourth-order valence-corrected chi connectivity index (χ4v) is 5.86. The predicted octanol–water partition coefficient (Wildman–Crippen LogP) is 5.41. The van der Waals surface area contributed by atoms with Gasteiger partial charge in [-0.25, -0.2) is 12.8 Å². The minimum atomic E-state index is -4.29. The van der Waals surface area contributed by atoms with Crippen molar-refractivity contribution in [2.24, 2.45) is 0 Å². The zero-order valence-electron chi connectivity index (χ0n) is 23.3. The van der Waals surface area contributed by atoms with E-state index in [-0.39, 0.29) is 29.5 Å². The molecule has 0 radical (unpaired) electrons. The molecule has 3 rings (SSSR count). The highest BCUT2D eigenvalue weighted by atomic mass is 35.5. The molecule has 0 aliphatic carbocycles. The first-order valence-corrected chi connectivity index (χ1v) is 15.2. The van der Waals surface area contributed by atoms with E-state index in [2.05, 4.69) is 5.32 Å². The zero-order chi connectivity index (χ0) is 30.0. The van der Waals surface area contributed by atoms with Gasteiger partial charge in [0.1, 0.15) is 24.2 Å². The number of nitrogens with zero attached hydrogens (tertiary/aromatic N) is 2. The number of carbonyl (C=O) groups is 2. The Labute approximate surface area is 246 Å². The number of methoxy groups -OCH3 is 1. The number of anilines is 1. The van der Waals surface area contributed by atoms with Gasteiger partial charge in [-0.15, -0.1) is 0 Å². The SMILES string of the molecule is CCCCNC(=O)[C@@H](CC)N(Cc1ccccc1Cl)C(=O)CN(c1ccc(F)cc1)S(=O)(=O)c1ccc(OC)cc1. The Kier molecular flexibility index (Phi) is 11.5. The summed E-state index contributed by atoms with van der Waals surface area (Å²) in [5.74, 6) is -1.06. The molecule has 0 saturated carbocycles. The van der Waals surface area contributed by atoms with E-state index < -0.39 is 34.3 Å². The van der Waals surface area contributed by atoms with Crippen LogP contribution in [-0.4, -0.2) is 51.4 Å². The number of sulfonamides is 1. The van der Waals surface area contributed by atoms with Gasteiger partial charge in [-0.2, -0.15) is 0 Å². The van der Waals surface area contributed by atoms with Crippen LogP contribution in [0.5, 0.6) is 5.75 Å². The number of rotatable bonds is 14. The maximum Gasteiger partial charge on any atom is 0.264 e. The highest BCUT2D eigenvalue weighted by Crippen LogP contribution is 2.27. The molecular weight excluding hydrogens is 569 g/mol. The molecule has 3 aromatic carbocycles. The Bertz CT molecular complexity index is 1420. The van der Waals surface area contributed by atoms with Crippen molar-refractivity contribution < 1.29 is 27.1 Å². The molecule has 0 unspecified atom stereocenters. The van der Waals surface area contributed by atoms with Crippen LogP contribution < -0.4 is 14.4 Å². The van der Waals surface area contributed by atoms with E-state index in [0.717, 1.165) is 29.3 Å². The summed E-state index contributed by atoms with van der Waals surface area (Å²) in [6.45, 7) is 3.58. The van der Waals surface area contributed by atoms with Gasteiger partial charge in [0.05, 0.1) is 17.7 Å². The number of benzene rings is 3. The molecule has 0 spiro atoms.